The minimum atomic E-state index is -0.701. The third kappa shape index (κ3) is 3.00. The van der Waals surface area contributed by atoms with Crippen molar-refractivity contribution in [1.29, 1.82) is 0 Å². The van der Waals surface area contributed by atoms with Crippen LogP contribution in [-0.2, 0) is 14.3 Å². The largest absolute Gasteiger partial charge is 0.444 e. The molecule has 20 heavy (non-hydrogen) atoms. The van der Waals surface area contributed by atoms with Gasteiger partial charge in [0.15, 0.2) is 6.10 Å². The van der Waals surface area contributed by atoms with Crippen molar-refractivity contribution < 1.29 is 18.7 Å². The van der Waals surface area contributed by atoms with E-state index in [2.05, 4.69) is 11.8 Å². The molecule has 1 saturated heterocycles. The fraction of sp³-hybridized carbons (Fsp3) is 0.438. The Balaban J connectivity index is 2.43. The number of benzene rings is 1. The maximum Gasteiger partial charge on any atom is 0.304 e. The summed E-state index contributed by atoms with van der Waals surface area (Å²) >= 11 is 0. The molecule has 1 aliphatic heterocycles. The van der Waals surface area contributed by atoms with Gasteiger partial charge >= 0.3 is 5.97 Å². The summed E-state index contributed by atoms with van der Waals surface area (Å²) in [4.78, 5) is 11.2. The molecule has 0 aromatic heterocycles. The Hall–Kier alpha value is -1.86. The predicted octanol–water partition coefficient (Wildman–Crippen LogP) is 3.30. The summed E-state index contributed by atoms with van der Waals surface area (Å²) < 4.78 is 24.3. The molecule has 0 saturated carbocycles. The first kappa shape index (κ1) is 14.5. The first-order chi connectivity index (χ1) is 9.35. The van der Waals surface area contributed by atoms with E-state index in [1.165, 1.54) is 19.1 Å². The Bertz CT molecular complexity index is 595. The molecule has 0 amide bonds. The van der Waals surface area contributed by atoms with Gasteiger partial charge in [-0.1, -0.05) is 12.0 Å². The summed E-state index contributed by atoms with van der Waals surface area (Å²) in [5.41, 5.74) is 1.03. The van der Waals surface area contributed by atoms with Gasteiger partial charge in [0.2, 0.25) is 0 Å². The van der Waals surface area contributed by atoms with Crippen molar-refractivity contribution >= 4 is 5.97 Å². The van der Waals surface area contributed by atoms with Crippen LogP contribution in [0.25, 0.3) is 0 Å². The molecule has 0 aliphatic carbocycles. The van der Waals surface area contributed by atoms with Gasteiger partial charge < -0.3 is 9.47 Å². The van der Waals surface area contributed by atoms with Crippen LogP contribution in [0.15, 0.2) is 18.2 Å². The van der Waals surface area contributed by atoms with Crippen molar-refractivity contribution in [1.82, 2.24) is 0 Å². The minimum absolute atomic E-state index is 0.204. The van der Waals surface area contributed by atoms with Gasteiger partial charge in [-0.05, 0) is 38.5 Å². The molecule has 106 valence electrons. The molecule has 2 atom stereocenters. The highest BCUT2D eigenvalue weighted by Gasteiger charge is 2.50. The molecule has 1 aliphatic rings. The lowest BCUT2D eigenvalue weighted by Gasteiger charge is -2.15. The maximum atomic E-state index is 13.5. The number of hydrogen-bond acceptors (Lipinski definition) is 3. The number of esters is 1. The van der Waals surface area contributed by atoms with Gasteiger partial charge in [-0.25, -0.2) is 4.39 Å². The number of ether oxygens (including phenoxy) is 2. The summed E-state index contributed by atoms with van der Waals surface area (Å²) in [6, 6.07) is 4.35. The highest BCUT2D eigenvalue weighted by atomic mass is 19.1. The summed E-state index contributed by atoms with van der Waals surface area (Å²) in [5, 5.41) is 0. The molecule has 1 fully saturated rings. The Morgan fingerprint density at radius 2 is 2.15 bits per heavy atom. The number of halogens is 1. The molecule has 2 unspecified atom stereocenters. The summed E-state index contributed by atoms with van der Waals surface area (Å²) in [6.07, 6.45) is -0.905. The monoisotopic (exact) mass is 276 g/mol. The van der Waals surface area contributed by atoms with Crippen molar-refractivity contribution in [3.05, 3.63) is 35.1 Å². The molecule has 1 heterocycles. The minimum Gasteiger partial charge on any atom is -0.444 e. The SMILES string of the molecule is CC#CC(OC(C)=O)c1ccc(F)cc1C1OC1(C)C. The molecule has 4 heteroatoms. The molecule has 0 N–H and O–H groups in total. The number of rotatable bonds is 3. The number of epoxide rings is 1. The van der Waals surface area contributed by atoms with Crippen LogP contribution in [0, 0.1) is 17.7 Å². The molecule has 0 radical (unpaired) electrons. The quantitative estimate of drug-likeness (QED) is 0.483. The molecule has 1 aromatic carbocycles. The van der Waals surface area contributed by atoms with Crippen molar-refractivity contribution in [3.8, 4) is 11.8 Å². The summed E-state index contributed by atoms with van der Waals surface area (Å²) in [6.45, 7) is 6.85. The van der Waals surface area contributed by atoms with Crippen LogP contribution in [0.5, 0.6) is 0 Å². The first-order valence-corrected chi connectivity index (χ1v) is 6.42. The zero-order valence-electron chi connectivity index (χ0n) is 12.0. The standard InChI is InChI=1S/C16H17FO3/c1-5-6-14(19-10(2)18)12-8-7-11(17)9-13(12)15-16(3,4)20-15/h7-9,14-15H,1-4H3. The van der Waals surface area contributed by atoms with E-state index in [1.54, 1.807) is 13.0 Å². The van der Waals surface area contributed by atoms with E-state index < -0.39 is 12.1 Å². The lowest BCUT2D eigenvalue weighted by atomic mass is 9.95. The average Bonchev–Trinajstić information content (AvgIpc) is 2.97. The zero-order chi connectivity index (χ0) is 14.9. The van der Waals surface area contributed by atoms with Crippen molar-refractivity contribution in [2.75, 3.05) is 0 Å². The van der Waals surface area contributed by atoms with E-state index in [0.29, 0.717) is 11.1 Å². The van der Waals surface area contributed by atoms with Gasteiger partial charge in [0.05, 0.1) is 5.60 Å². The van der Waals surface area contributed by atoms with Gasteiger partial charge in [-0.3, -0.25) is 4.79 Å². The Morgan fingerprint density at radius 1 is 1.50 bits per heavy atom. The van der Waals surface area contributed by atoms with Crippen molar-refractivity contribution in [2.45, 2.75) is 45.5 Å². The van der Waals surface area contributed by atoms with E-state index in [1.807, 2.05) is 13.8 Å². The Morgan fingerprint density at radius 3 is 2.65 bits per heavy atom. The summed E-state index contributed by atoms with van der Waals surface area (Å²) in [5.74, 6) is 4.79. The van der Waals surface area contributed by atoms with Gasteiger partial charge in [0, 0.05) is 12.5 Å². The van der Waals surface area contributed by atoms with E-state index in [0.717, 1.165) is 0 Å². The second-order valence-electron chi connectivity index (χ2n) is 5.26. The van der Waals surface area contributed by atoms with E-state index in [9.17, 15) is 9.18 Å². The van der Waals surface area contributed by atoms with Crippen molar-refractivity contribution in [3.63, 3.8) is 0 Å². The molecular weight excluding hydrogens is 259 g/mol. The van der Waals surface area contributed by atoms with Crippen LogP contribution < -0.4 is 0 Å². The maximum absolute atomic E-state index is 13.5. The highest BCUT2D eigenvalue weighted by molar-refractivity contribution is 5.67. The topological polar surface area (TPSA) is 38.8 Å². The predicted molar refractivity (Wildman–Crippen MR) is 72.3 cm³/mol. The van der Waals surface area contributed by atoms with Gasteiger partial charge in [0.25, 0.3) is 0 Å². The molecule has 0 spiro atoms. The molecular formula is C16H17FO3. The van der Waals surface area contributed by atoms with Crippen LogP contribution in [0.2, 0.25) is 0 Å². The van der Waals surface area contributed by atoms with Crippen LogP contribution >= 0.6 is 0 Å². The van der Waals surface area contributed by atoms with E-state index in [4.69, 9.17) is 9.47 Å². The number of carbonyl (C=O) groups excluding carboxylic acids is 1. The molecule has 1 aromatic rings. The second-order valence-corrected chi connectivity index (χ2v) is 5.26. The van der Waals surface area contributed by atoms with Crippen molar-refractivity contribution in [2.24, 2.45) is 0 Å². The molecule has 2 rings (SSSR count). The Kier molecular flexibility index (Phi) is 3.82. The smallest absolute Gasteiger partial charge is 0.304 e. The molecule has 0 bridgehead atoms. The van der Waals surface area contributed by atoms with Gasteiger partial charge in [0.1, 0.15) is 11.9 Å². The fourth-order valence-corrected chi connectivity index (χ4v) is 2.19. The van der Waals surface area contributed by atoms with Gasteiger partial charge in [-0.2, -0.15) is 0 Å². The second kappa shape index (κ2) is 5.26. The fourth-order valence-electron chi connectivity index (χ4n) is 2.19. The van der Waals surface area contributed by atoms with Crippen LogP contribution in [0.4, 0.5) is 4.39 Å². The van der Waals surface area contributed by atoms with E-state index in [-0.39, 0.29) is 17.5 Å². The number of carbonyl (C=O) groups is 1. The summed E-state index contributed by atoms with van der Waals surface area (Å²) in [7, 11) is 0. The third-order valence-corrected chi connectivity index (χ3v) is 3.17. The lowest BCUT2D eigenvalue weighted by Crippen LogP contribution is -2.10. The normalized spacial score (nSPS) is 20.6. The van der Waals surface area contributed by atoms with Crippen LogP contribution in [0.3, 0.4) is 0 Å². The Labute approximate surface area is 118 Å². The van der Waals surface area contributed by atoms with Gasteiger partial charge in [-0.15, -0.1) is 5.92 Å². The van der Waals surface area contributed by atoms with Crippen LogP contribution in [-0.4, -0.2) is 11.6 Å². The average molecular weight is 276 g/mol. The zero-order valence-corrected chi connectivity index (χ0v) is 12.0. The first-order valence-electron chi connectivity index (χ1n) is 6.42. The lowest BCUT2D eigenvalue weighted by molar-refractivity contribution is -0.144. The third-order valence-electron chi connectivity index (χ3n) is 3.17. The molecule has 3 nitrogen and oxygen atoms in total. The van der Waals surface area contributed by atoms with Crippen LogP contribution in [0.1, 0.15) is 51.0 Å². The highest BCUT2D eigenvalue weighted by Crippen LogP contribution is 2.50. The number of hydrogen-bond donors (Lipinski definition) is 0. The van der Waals surface area contributed by atoms with E-state index >= 15 is 0 Å².